The van der Waals surface area contributed by atoms with Crippen molar-refractivity contribution in [3.05, 3.63) is 88.9 Å². The second kappa shape index (κ2) is 11.7. The van der Waals surface area contributed by atoms with E-state index in [2.05, 4.69) is 0 Å². The maximum atomic E-state index is 13.8. The van der Waals surface area contributed by atoms with E-state index in [9.17, 15) is 14.4 Å². The van der Waals surface area contributed by atoms with Crippen LogP contribution in [0.1, 0.15) is 62.0 Å². The standard InChI is InChI=1S/C32H34ClN3O4/c1-21-20-31(36(23(3)38)26-12-10-25(33)11-13-26)29-6-4-5-7-30(29)35(21)32(39)24-8-14-27(15-9-24)40-28-16-18-34(19-17-28)22(2)37/h4-15,21,28,31H,16-20H2,1-3H3/t21-,31+/m0/s1. The highest BCUT2D eigenvalue weighted by molar-refractivity contribution is 6.30. The van der Waals surface area contributed by atoms with Crippen LogP contribution < -0.4 is 14.5 Å². The zero-order valence-electron chi connectivity index (χ0n) is 23.0. The number of ether oxygens (including phenoxy) is 1. The molecule has 7 nitrogen and oxygen atoms in total. The molecule has 0 aliphatic carbocycles. The Kier molecular flexibility index (Phi) is 8.12. The second-order valence-electron chi connectivity index (χ2n) is 10.5. The Hall–Kier alpha value is -3.84. The smallest absolute Gasteiger partial charge is 0.258 e. The summed E-state index contributed by atoms with van der Waals surface area (Å²) < 4.78 is 6.14. The minimum Gasteiger partial charge on any atom is -0.490 e. The van der Waals surface area contributed by atoms with Gasteiger partial charge in [-0.25, -0.2) is 0 Å². The summed E-state index contributed by atoms with van der Waals surface area (Å²) in [4.78, 5) is 43.8. The molecule has 0 radical (unpaired) electrons. The first-order chi connectivity index (χ1) is 19.2. The lowest BCUT2D eigenvalue weighted by Gasteiger charge is -2.43. The number of likely N-dealkylation sites (tertiary alicyclic amines) is 1. The quantitative estimate of drug-likeness (QED) is 0.370. The Labute approximate surface area is 240 Å². The third-order valence-corrected chi connectivity index (χ3v) is 8.08. The van der Waals surface area contributed by atoms with Crippen LogP contribution in [0.15, 0.2) is 72.8 Å². The van der Waals surface area contributed by atoms with Crippen LogP contribution >= 0.6 is 11.6 Å². The largest absolute Gasteiger partial charge is 0.490 e. The molecule has 8 heteroatoms. The molecule has 1 fully saturated rings. The number of hydrogen-bond acceptors (Lipinski definition) is 4. The van der Waals surface area contributed by atoms with E-state index in [4.69, 9.17) is 16.3 Å². The molecule has 208 valence electrons. The predicted molar refractivity (Wildman–Crippen MR) is 157 cm³/mol. The van der Waals surface area contributed by atoms with Gasteiger partial charge in [0.2, 0.25) is 11.8 Å². The minimum absolute atomic E-state index is 0.0490. The molecule has 40 heavy (non-hydrogen) atoms. The molecule has 1 saturated heterocycles. The fourth-order valence-electron chi connectivity index (χ4n) is 5.81. The lowest BCUT2D eigenvalue weighted by Crippen LogP contribution is -2.47. The maximum Gasteiger partial charge on any atom is 0.258 e. The van der Waals surface area contributed by atoms with Crippen molar-refractivity contribution in [2.24, 2.45) is 0 Å². The molecule has 0 saturated carbocycles. The molecule has 3 amide bonds. The van der Waals surface area contributed by atoms with Crippen molar-refractivity contribution in [3.8, 4) is 5.75 Å². The Morgan fingerprint density at radius 1 is 0.900 bits per heavy atom. The van der Waals surface area contributed by atoms with Crippen molar-refractivity contribution >= 4 is 40.7 Å². The highest BCUT2D eigenvalue weighted by atomic mass is 35.5. The normalized spacial score (nSPS) is 19.1. The molecular formula is C32H34ClN3O4. The maximum absolute atomic E-state index is 13.8. The van der Waals surface area contributed by atoms with Gasteiger partial charge in [-0.2, -0.15) is 0 Å². The summed E-state index contributed by atoms with van der Waals surface area (Å²) in [6.45, 7) is 6.57. The first-order valence-corrected chi connectivity index (χ1v) is 14.1. The molecule has 2 aliphatic rings. The first kappa shape index (κ1) is 27.7. The summed E-state index contributed by atoms with van der Waals surface area (Å²) in [5.41, 5.74) is 3.07. The summed E-state index contributed by atoms with van der Waals surface area (Å²) in [7, 11) is 0. The van der Waals surface area contributed by atoms with E-state index in [0.717, 1.165) is 29.8 Å². The molecule has 2 atom stereocenters. The van der Waals surface area contributed by atoms with E-state index in [0.29, 0.717) is 35.8 Å². The third kappa shape index (κ3) is 5.70. The van der Waals surface area contributed by atoms with E-state index < -0.39 is 0 Å². The predicted octanol–water partition coefficient (Wildman–Crippen LogP) is 6.26. The van der Waals surface area contributed by atoms with Crippen LogP contribution in [0.2, 0.25) is 5.02 Å². The number of carbonyl (C=O) groups excluding carboxylic acids is 3. The van der Waals surface area contributed by atoms with E-state index >= 15 is 0 Å². The van der Waals surface area contributed by atoms with Crippen molar-refractivity contribution in [2.75, 3.05) is 22.9 Å². The summed E-state index contributed by atoms with van der Waals surface area (Å²) >= 11 is 6.10. The van der Waals surface area contributed by atoms with Gasteiger partial charge in [-0.3, -0.25) is 14.4 Å². The summed E-state index contributed by atoms with van der Waals surface area (Å²) in [6.07, 6.45) is 2.21. The van der Waals surface area contributed by atoms with Gasteiger partial charge >= 0.3 is 0 Å². The Morgan fingerprint density at radius 2 is 1.55 bits per heavy atom. The fourth-order valence-corrected chi connectivity index (χ4v) is 5.94. The van der Waals surface area contributed by atoms with Crippen LogP contribution in [0.25, 0.3) is 0 Å². The molecule has 0 bridgehead atoms. The monoisotopic (exact) mass is 559 g/mol. The van der Waals surface area contributed by atoms with E-state index in [-0.39, 0.29) is 35.9 Å². The van der Waals surface area contributed by atoms with Crippen molar-refractivity contribution in [2.45, 2.75) is 58.2 Å². The molecule has 2 heterocycles. The number of benzene rings is 3. The summed E-state index contributed by atoms with van der Waals surface area (Å²) in [6, 6.07) is 22.0. The molecule has 5 rings (SSSR count). The van der Waals surface area contributed by atoms with Crippen LogP contribution in [0, 0.1) is 0 Å². The zero-order chi connectivity index (χ0) is 28.4. The van der Waals surface area contributed by atoms with Crippen LogP contribution in [-0.2, 0) is 9.59 Å². The molecule has 0 aromatic heterocycles. The number of para-hydroxylation sites is 1. The van der Waals surface area contributed by atoms with Gasteiger partial charge in [0.15, 0.2) is 0 Å². The number of halogens is 1. The molecular weight excluding hydrogens is 526 g/mol. The number of carbonyl (C=O) groups is 3. The van der Waals surface area contributed by atoms with Gasteiger partial charge in [-0.05, 0) is 73.5 Å². The lowest BCUT2D eigenvalue weighted by atomic mass is 9.89. The van der Waals surface area contributed by atoms with Gasteiger partial charge in [0.1, 0.15) is 11.9 Å². The number of rotatable bonds is 5. The number of anilines is 2. The number of nitrogens with zero attached hydrogens (tertiary/aromatic N) is 3. The zero-order valence-corrected chi connectivity index (χ0v) is 23.8. The topological polar surface area (TPSA) is 70.2 Å². The summed E-state index contributed by atoms with van der Waals surface area (Å²) in [5.74, 6) is 0.641. The van der Waals surface area contributed by atoms with Crippen LogP contribution in [0.4, 0.5) is 11.4 Å². The van der Waals surface area contributed by atoms with Crippen LogP contribution in [0.5, 0.6) is 5.75 Å². The highest BCUT2D eigenvalue weighted by Gasteiger charge is 2.38. The Morgan fingerprint density at radius 3 is 2.17 bits per heavy atom. The Balaban J connectivity index is 1.35. The van der Waals surface area contributed by atoms with Crippen molar-refractivity contribution in [1.29, 1.82) is 0 Å². The van der Waals surface area contributed by atoms with Crippen molar-refractivity contribution in [1.82, 2.24) is 4.90 Å². The highest BCUT2D eigenvalue weighted by Crippen LogP contribution is 2.43. The van der Waals surface area contributed by atoms with Crippen LogP contribution in [0.3, 0.4) is 0 Å². The molecule has 0 N–H and O–H groups in total. The number of hydrogen-bond donors (Lipinski definition) is 0. The molecule has 0 unspecified atom stereocenters. The molecule has 3 aromatic carbocycles. The van der Waals surface area contributed by atoms with Gasteiger partial charge in [-0.15, -0.1) is 0 Å². The fraction of sp³-hybridized carbons (Fsp3) is 0.344. The van der Waals surface area contributed by atoms with E-state index in [1.54, 1.807) is 43.0 Å². The molecule has 3 aromatic rings. The number of fused-ring (bicyclic) bond motifs is 1. The average Bonchev–Trinajstić information content (AvgIpc) is 2.94. The molecule has 0 spiro atoms. The summed E-state index contributed by atoms with van der Waals surface area (Å²) in [5, 5.41) is 0.608. The van der Waals surface area contributed by atoms with Crippen molar-refractivity contribution in [3.63, 3.8) is 0 Å². The SMILES string of the molecule is CC(=O)N1CCC(Oc2ccc(C(=O)N3c4ccccc4[C@H](N(C(C)=O)c4ccc(Cl)cc4)C[C@@H]3C)cc2)CC1. The van der Waals surface area contributed by atoms with Gasteiger partial charge in [0.25, 0.3) is 5.91 Å². The van der Waals surface area contributed by atoms with Crippen LogP contribution in [-0.4, -0.2) is 47.9 Å². The minimum atomic E-state index is -0.223. The third-order valence-electron chi connectivity index (χ3n) is 7.83. The second-order valence-corrected chi connectivity index (χ2v) is 11.0. The van der Waals surface area contributed by atoms with E-state index in [1.807, 2.05) is 65.3 Å². The molecule has 2 aliphatic heterocycles. The van der Waals surface area contributed by atoms with Gasteiger partial charge < -0.3 is 19.4 Å². The van der Waals surface area contributed by atoms with Crippen molar-refractivity contribution < 1.29 is 19.1 Å². The van der Waals surface area contributed by atoms with E-state index in [1.165, 1.54) is 0 Å². The van der Waals surface area contributed by atoms with Gasteiger partial charge in [0, 0.05) is 67.8 Å². The Bertz CT molecular complexity index is 1380. The average molecular weight is 560 g/mol. The lowest BCUT2D eigenvalue weighted by molar-refractivity contribution is -0.130. The van der Waals surface area contributed by atoms with Gasteiger partial charge in [-0.1, -0.05) is 29.8 Å². The number of amides is 3. The first-order valence-electron chi connectivity index (χ1n) is 13.7. The van der Waals surface area contributed by atoms with Gasteiger partial charge in [0.05, 0.1) is 6.04 Å². The number of piperidine rings is 1.